The molecule has 0 aromatic rings. The lowest BCUT2D eigenvalue weighted by Crippen LogP contribution is -2.29. The molecule has 94 valence electrons. The lowest BCUT2D eigenvalue weighted by molar-refractivity contribution is 0.198. The van der Waals surface area contributed by atoms with Gasteiger partial charge in [0.15, 0.2) is 0 Å². The Kier molecular flexibility index (Phi) is 5.13. The number of aliphatic hydroxyl groups is 1. The summed E-state index contributed by atoms with van der Waals surface area (Å²) in [5, 5.41) is 9.06. The van der Waals surface area contributed by atoms with Crippen LogP contribution in [0.25, 0.3) is 0 Å². The van der Waals surface area contributed by atoms with Crippen molar-refractivity contribution in [2.45, 2.75) is 27.2 Å². The molecule has 1 N–H and O–H groups in total. The van der Waals surface area contributed by atoms with Gasteiger partial charge in [0.25, 0.3) is 0 Å². The van der Waals surface area contributed by atoms with Crippen LogP contribution in [-0.2, 0) is 0 Å². The van der Waals surface area contributed by atoms with E-state index in [-0.39, 0.29) is 6.61 Å². The maximum absolute atomic E-state index is 9.06. The average Bonchev–Trinajstić information content (AvgIpc) is 2.61. The third kappa shape index (κ3) is 3.41. The van der Waals surface area contributed by atoms with Crippen molar-refractivity contribution < 1.29 is 5.11 Å². The van der Waals surface area contributed by atoms with Gasteiger partial charge in [-0.1, -0.05) is 33.8 Å². The molecule has 1 aliphatic rings. The summed E-state index contributed by atoms with van der Waals surface area (Å²) in [6, 6.07) is 0. The van der Waals surface area contributed by atoms with Crippen molar-refractivity contribution in [3.8, 4) is 0 Å². The summed E-state index contributed by atoms with van der Waals surface area (Å²) in [7, 11) is 0. The molecule has 1 heterocycles. The van der Waals surface area contributed by atoms with E-state index in [2.05, 4.69) is 37.1 Å². The number of nitrogens with zero attached hydrogens (tertiary/aromatic N) is 2. The molecule has 1 rings (SSSR count). The van der Waals surface area contributed by atoms with Crippen molar-refractivity contribution in [3.05, 3.63) is 12.4 Å². The van der Waals surface area contributed by atoms with Gasteiger partial charge in [-0.2, -0.15) is 0 Å². The van der Waals surface area contributed by atoms with E-state index in [1.165, 1.54) is 6.42 Å². The van der Waals surface area contributed by atoms with Gasteiger partial charge >= 0.3 is 0 Å². The second-order valence-electron chi connectivity index (χ2n) is 5.11. The topological polar surface area (TPSA) is 26.7 Å². The lowest BCUT2D eigenvalue weighted by atomic mass is 10.1. The smallest absolute Gasteiger partial charge is 0.0966 e. The van der Waals surface area contributed by atoms with Crippen LogP contribution >= 0.6 is 0 Å². The maximum atomic E-state index is 9.06. The zero-order chi connectivity index (χ0) is 12.1. The number of aliphatic hydroxyl groups excluding tert-OH is 1. The molecular formula is C13H26N2O. The SMILES string of the molecule is C=C1N(CC(C)CC)CCN1CC(C)CO. The van der Waals surface area contributed by atoms with Gasteiger partial charge in [-0.25, -0.2) is 0 Å². The van der Waals surface area contributed by atoms with E-state index in [0.29, 0.717) is 5.92 Å². The number of rotatable bonds is 6. The van der Waals surface area contributed by atoms with Crippen LogP contribution in [0.4, 0.5) is 0 Å². The van der Waals surface area contributed by atoms with Crippen molar-refractivity contribution in [2.75, 3.05) is 32.8 Å². The Labute approximate surface area is 99.7 Å². The molecule has 0 amide bonds. The highest BCUT2D eigenvalue weighted by Crippen LogP contribution is 2.20. The molecule has 16 heavy (non-hydrogen) atoms. The summed E-state index contributed by atoms with van der Waals surface area (Å²) in [5.41, 5.74) is 0. The van der Waals surface area contributed by atoms with Gasteiger partial charge in [-0.15, -0.1) is 0 Å². The Morgan fingerprint density at radius 3 is 2.12 bits per heavy atom. The molecule has 1 fully saturated rings. The van der Waals surface area contributed by atoms with Crippen molar-refractivity contribution in [1.29, 1.82) is 0 Å². The molecule has 2 atom stereocenters. The van der Waals surface area contributed by atoms with Crippen LogP contribution in [0.5, 0.6) is 0 Å². The van der Waals surface area contributed by atoms with E-state index < -0.39 is 0 Å². The highest BCUT2D eigenvalue weighted by molar-refractivity contribution is 5.00. The maximum Gasteiger partial charge on any atom is 0.0966 e. The van der Waals surface area contributed by atoms with Crippen molar-refractivity contribution in [2.24, 2.45) is 11.8 Å². The Hall–Kier alpha value is -0.700. The number of hydrogen-bond acceptors (Lipinski definition) is 3. The first-order valence-corrected chi connectivity index (χ1v) is 6.38. The summed E-state index contributed by atoms with van der Waals surface area (Å²) in [6.45, 7) is 15.2. The normalized spacial score (nSPS) is 20.4. The van der Waals surface area contributed by atoms with E-state index in [0.717, 1.165) is 37.9 Å². The van der Waals surface area contributed by atoms with Crippen LogP contribution in [-0.4, -0.2) is 47.7 Å². The highest BCUT2D eigenvalue weighted by Gasteiger charge is 2.24. The molecule has 0 spiro atoms. The third-order valence-electron chi connectivity index (χ3n) is 3.44. The quantitative estimate of drug-likeness (QED) is 0.747. The second kappa shape index (κ2) is 6.14. The summed E-state index contributed by atoms with van der Waals surface area (Å²) in [6.07, 6.45) is 1.22. The van der Waals surface area contributed by atoms with Gasteiger partial charge in [-0.3, -0.25) is 0 Å². The Morgan fingerprint density at radius 1 is 1.19 bits per heavy atom. The van der Waals surface area contributed by atoms with E-state index in [4.69, 9.17) is 5.11 Å². The van der Waals surface area contributed by atoms with E-state index in [1.54, 1.807) is 0 Å². The van der Waals surface area contributed by atoms with Crippen LogP contribution in [0, 0.1) is 11.8 Å². The van der Waals surface area contributed by atoms with Crippen LogP contribution < -0.4 is 0 Å². The summed E-state index contributed by atoms with van der Waals surface area (Å²) < 4.78 is 0. The minimum atomic E-state index is 0.259. The standard InChI is InChI=1S/C13H26N2O/c1-5-11(2)8-14-6-7-15(13(14)4)9-12(3)10-16/h11-12,16H,4-10H2,1-3H3. The molecule has 0 aromatic heterocycles. The molecule has 3 nitrogen and oxygen atoms in total. The van der Waals surface area contributed by atoms with Crippen LogP contribution in [0.2, 0.25) is 0 Å². The molecule has 0 bridgehead atoms. The number of hydrogen-bond donors (Lipinski definition) is 1. The molecule has 3 heteroatoms. The predicted molar refractivity (Wildman–Crippen MR) is 68.0 cm³/mol. The molecule has 0 aliphatic carbocycles. The molecule has 2 unspecified atom stereocenters. The second-order valence-corrected chi connectivity index (χ2v) is 5.11. The van der Waals surface area contributed by atoms with Gasteiger partial charge in [0.05, 0.1) is 5.82 Å². The van der Waals surface area contributed by atoms with Crippen LogP contribution in [0.1, 0.15) is 27.2 Å². The zero-order valence-corrected chi connectivity index (χ0v) is 10.9. The minimum absolute atomic E-state index is 0.259. The molecule has 1 saturated heterocycles. The van der Waals surface area contributed by atoms with Gasteiger partial charge in [0.1, 0.15) is 0 Å². The fourth-order valence-corrected chi connectivity index (χ4v) is 2.03. The summed E-state index contributed by atoms with van der Waals surface area (Å²) >= 11 is 0. The minimum Gasteiger partial charge on any atom is -0.396 e. The highest BCUT2D eigenvalue weighted by atomic mass is 16.3. The van der Waals surface area contributed by atoms with E-state index in [1.807, 2.05) is 0 Å². The Bertz CT molecular complexity index is 208. The van der Waals surface area contributed by atoms with Gasteiger partial charge in [0.2, 0.25) is 0 Å². The third-order valence-corrected chi connectivity index (χ3v) is 3.44. The molecule has 1 aliphatic heterocycles. The van der Waals surface area contributed by atoms with Crippen molar-refractivity contribution >= 4 is 0 Å². The fraction of sp³-hybridized carbons (Fsp3) is 0.846. The molecular weight excluding hydrogens is 200 g/mol. The van der Waals surface area contributed by atoms with Crippen molar-refractivity contribution in [3.63, 3.8) is 0 Å². The monoisotopic (exact) mass is 226 g/mol. The first kappa shape index (κ1) is 13.4. The van der Waals surface area contributed by atoms with E-state index in [9.17, 15) is 0 Å². The largest absolute Gasteiger partial charge is 0.396 e. The van der Waals surface area contributed by atoms with Gasteiger partial charge < -0.3 is 14.9 Å². The zero-order valence-electron chi connectivity index (χ0n) is 10.9. The lowest BCUT2D eigenvalue weighted by Gasteiger charge is -2.27. The fourth-order valence-electron chi connectivity index (χ4n) is 2.03. The molecule has 0 saturated carbocycles. The van der Waals surface area contributed by atoms with Crippen LogP contribution in [0.3, 0.4) is 0 Å². The van der Waals surface area contributed by atoms with Crippen LogP contribution in [0.15, 0.2) is 12.4 Å². The predicted octanol–water partition coefficient (Wildman–Crippen LogP) is 1.75. The van der Waals surface area contributed by atoms with Gasteiger partial charge in [0, 0.05) is 32.8 Å². The van der Waals surface area contributed by atoms with Gasteiger partial charge in [-0.05, 0) is 11.8 Å². The molecule has 0 radical (unpaired) electrons. The van der Waals surface area contributed by atoms with E-state index >= 15 is 0 Å². The Morgan fingerprint density at radius 2 is 1.69 bits per heavy atom. The molecule has 0 aromatic carbocycles. The first-order valence-electron chi connectivity index (χ1n) is 6.38. The Balaban J connectivity index is 2.41. The summed E-state index contributed by atoms with van der Waals surface area (Å²) in [5.74, 6) is 2.20. The first-order chi connectivity index (χ1) is 7.58. The van der Waals surface area contributed by atoms with Crippen molar-refractivity contribution in [1.82, 2.24) is 9.80 Å². The summed E-state index contributed by atoms with van der Waals surface area (Å²) in [4.78, 5) is 4.67. The average molecular weight is 226 g/mol.